The summed E-state index contributed by atoms with van der Waals surface area (Å²) in [5, 5.41) is 11.0. The maximum absolute atomic E-state index is 12.6. The molecule has 2 heterocycles. The molecule has 0 spiro atoms. The summed E-state index contributed by atoms with van der Waals surface area (Å²) in [6.07, 6.45) is 3.49. The molecule has 0 bridgehead atoms. The molecule has 130 valence electrons. The number of amides is 1. The summed E-state index contributed by atoms with van der Waals surface area (Å²) in [5.74, 6) is 1.08. The predicted molar refractivity (Wildman–Crippen MR) is 94.4 cm³/mol. The van der Waals surface area contributed by atoms with Gasteiger partial charge in [-0.3, -0.25) is 9.89 Å². The van der Waals surface area contributed by atoms with Gasteiger partial charge in [0.25, 0.3) is 5.91 Å². The zero-order chi connectivity index (χ0) is 17.1. The number of aromatic nitrogens is 2. The Kier molecular flexibility index (Phi) is 5.04. The smallest absolute Gasteiger partial charge is 0.272 e. The van der Waals surface area contributed by atoms with Gasteiger partial charge in [0.1, 0.15) is 11.3 Å². The normalized spacial score (nSPS) is 21.3. The number of benzene rings is 1. The number of aromatic amines is 1. The van der Waals surface area contributed by atoms with Crippen molar-refractivity contribution in [3.05, 3.63) is 23.9 Å². The number of rotatable bonds is 6. The van der Waals surface area contributed by atoms with Crippen molar-refractivity contribution in [2.24, 2.45) is 5.92 Å². The molecule has 1 aromatic heterocycles. The molecular weight excluding hydrogens is 304 g/mol. The van der Waals surface area contributed by atoms with E-state index in [9.17, 15) is 4.79 Å². The Balaban J connectivity index is 1.70. The fourth-order valence-corrected chi connectivity index (χ4v) is 3.74. The number of nitrogens with one attached hydrogen (secondary N) is 2. The van der Waals surface area contributed by atoms with Crippen molar-refractivity contribution in [2.45, 2.75) is 32.2 Å². The zero-order valence-corrected chi connectivity index (χ0v) is 14.6. The number of para-hydroxylation sites is 1. The molecule has 24 heavy (non-hydrogen) atoms. The first kappa shape index (κ1) is 16.8. The number of methoxy groups -OCH3 is 1. The largest absolute Gasteiger partial charge is 0.494 e. The first-order chi connectivity index (χ1) is 11.7. The number of carbonyl (C=O) groups excluding carboxylic acids is 1. The fraction of sp³-hybridized carbons (Fsp3) is 0.556. The summed E-state index contributed by atoms with van der Waals surface area (Å²) in [6, 6.07) is 6.17. The molecule has 1 fully saturated rings. The van der Waals surface area contributed by atoms with E-state index >= 15 is 0 Å². The molecule has 2 aromatic rings. The van der Waals surface area contributed by atoms with Gasteiger partial charge >= 0.3 is 0 Å². The van der Waals surface area contributed by atoms with E-state index in [0.29, 0.717) is 29.9 Å². The highest BCUT2D eigenvalue weighted by Crippen LogP contribution is 2.27. The lowest BCUT2D eigenvalue weighted by atomic mass is 9.96. The highest BCUT2D eigenvalue weighted by molar-refractivity contribution is 6.05. The van der Waals surface area contributed by atoms with E-state index in [4.69, 9.17) is 4.74 Å². The van der Waals surface area contributed by atoms with Crippen LogP contribution in [-0.2, 0) is 0 Å². The lowest BCUT2D eigenvalue weighted by Gasteiger charge is -2.24. The lowest BCUT2D eigenvalue weighted by Crippen LogP contribution is -2.36. The summed E-state index contributed by atoms with van der Waals surface area (Å²) in [5.41, 5.74) is 1.19. The second-order valence-electron chi connectivity index (χ2n) is 6.55. The summed E-state index contributed by atoms with van der Waals surface area (Å²) < 4.78 is 5.31. The number of H-pyrrole nitrogens is 1. The van der Waals surface area contributed by atoms with E-state index in [1.54, 1.807) is 7.11 Å². The van der Waals surface area contributed by atoms with Crippen molar-refractivity contribution in [3.8, 4) is 5.75 Å². The van der Waals surface area contributed by atoms with Crippen molar-refractivity contribution in [1.29, 1.82) is 0 Å². The zero-order valence-electron chi connectivity index (χ0n) is 14.6. The monoisotopic (exact) mass is 330 g/mol. The SMILES string of the molecule is CCCC1C(CNC(=O)c2n[nH]c3c(OC)cccc23)CCN1C. The van der Waals surface area contributed by atoms with Crippen LogP contribution >= 0.6 is 0 Å². The molecule has 0 radical (unpaired) electrons. The van der Waals surface area contributed by atoms with Crippen LogP contribution in [0, 0.1) is 5.92 Å². The first-order valence-electron chi connectivity index (χ1n) is 8.65. The Hall–Kier alpha value is -2.08. The van der Waals surface area contributed by atoms with Gasteiger partial charge in [0.15, 0.2) is 5.69 Å². The number of likely N-dealkylation sites (tertiary alicyclic amines) is 1. The fourth-order valence-electron chi connectivity index (χ4n) is 3.74. The standard InChI is InChI=1S/C18H26N4O2/c1-4-6-14-12(9-10-22(14)2)11-19-18(23)17-13-7-5-8-15(24-3)16(13)20-21-17/h5,7-8,12,14H,4,6,9-11H2,1-3H3,(H,19,23)(H,20,21). The van der Waals surface area contributed by atoms with Crippen molar-refractivity contribution in [1.82, 2.24) is 20.4 Å². The molecule has 3 rings (SSSR count). The molecule has 1 saturated heterocycles. The van der Waals surface area contributed by atoms with Gasteiger partial charge in [-0.1, -0.05) is 25.5 Å². The predicted octanol–water partition coefficient (Wildman–Crippen LogP) is 2.42. The second kappa shape index (κ2) is 7.21. The highest BCUT2D eigenvalue weighted by Gasteiger charge is 2.31. The van der Waals surface area contributed by atoms with Crippen LogP contribution in [0.5, 0.6) is 5.75 Å². The Bertz CT molecular complexity index is 712. The van der Waals surface area contributed by atoms with Crippen LogP contribution in [0.4, 0.5) is 0 Å². The van der Waals surface area contributed by atoms with Gasteiger partial charge < -0.3 is 15.0 Å². The average Bonchev–Trinajstić information content (AvgIpc) is 3.17. The van der Waals surface area contributed by atoms with E-state index in [0.717, 1.165) is 23.9 Å². The quantitative estimate of drug-likeness (QED) is 0.853. The van der Waals surface area contributed by atoms with Gasteiger partial charge in [0.05, 0.1) is 7.11 Å². The van der Waals surface area contributed by atoms with Crippen LogP contribution in [0.2, 0.25) is 0 Å². The Morgan fingerprint density at radius 2 is 2.33 bits per heavy atom. The molecule has 1 aromatic carbocycles. The third-order valence-electron chi connectivity index (χ3n) is 5.07. The average molecular weight is 330 g/mol. The molecule has 6 nitrogen and oxygen atoms in total. The van der Waals surface area contributed by atoms with E-state index in [-0.39, 0.29) is 5.91 Å². The Labute approximate surface area is 142 Å². The molecule has 0 saturated carbocycles. The molecule has 1 aliphatic rings. The second-order valence-corrected chi connectivity index (χ2v) is 6.55. The minimum atomic E-state index is -0.126. The topological polar surface area (TPSA) is 70.2 Å². The Morgan fingerprint density at radius 1 is 1.50 bits per heavy atom. The molecule has 1 aliphatic heterocycles. The summed E-state index contributed by atoms with van der Waals surface area (Å²) in [6.45, 7) is 4.02. The van der Waals surface area contributed by atoms with Crippen LogP contribution in [0.15, 0.2) is 18.2 Å². The van der Waals surface area contributed by atoms with Crippen LogP contribution in [0.3, 0.4) is 0 Å². The van der Waals surface area contributed by atoms with Gasteiger partial charge in [-0.2, -0.15) is 5.10 Å². The molecular formula is C18H26N4O2. The van der Waals surface area contributed by atoms with E-state index in [2.05, 4.69) is 34.4 Å². The van der Waals surface area contributed by atoms with Crippen LogP contribution in [-0.4, -0.2) is 54.3 Å². The number of fused-ring (bicyclic) bond motifs is 1. The van der Waals surface area contributed by atoms with E-state index in [1.165, 1.54) is 12.8 Å². The number of nitrogens with zero attached hydrogens (tertiary/aromatic N) is 2. The molecule has 1 amide bonds. The first-order valence-corrected chi connectivity index (χ1v) is 8.65. The maximum atomic E-state index is 12.6. The summed E-state index contributed by atoms with van der Waals surface area (Å²) in [4.78, 5) is 15.0. The van der Waals surface area contributed by atoms with Gasteiger partial charge in [-0.05, 0) is 38.4 Å². The van der Waals surface area contributed by atoms with Gasteiger partial charge in [-0.25, -0.2) is 0 Å². The minimum Gasteiger partial charge on any atom is -0.494 e. The highest BCUT2D eigenvalue weighted by atomic mass is 16.5. The minimum absolute atomic E-state index is 0.126. The van der Waals surface area contributed by atoms with Gasteiger partial charge in [-0.15, -0.1) is 0 Å². The van der Waals surface area contributed by atoms with E-state index < -0.39 is 0 Å². The van der Waals surface area contributed by atoms with E-state index in [1.807, 2.05) is 18.2 Å². The maximum Gasteiger partial charge on any atom is 0.272 e. The summed E-state index contributed by atoms with van der Waals surface area (Å²) >= 11 is 0. The lowest BCUT2D eigenvalue weighted by molar-refractivity contribution is 0.0939. The van der Waals surface area contributed by atoms with Crippen LogP contribution < -0.4 is 10.1 Å². The van der Waals surface area contributed by atoms with Crippen molar-refractivity contribution >= 4 is 16.8 Å². The summed E-state index contributed by atoms with van der Waals surface area (Å²) in [7, 11) is 3.79. The molecule has 2 unspecified atom stereocenters. The van der Waals surface area contributed by atoms with Gasteiger partial charge in [0, 0.05) is 18.0 Å². The van der Waals surface area contributed by atoms with Crippen molar-refractivity contribution in [2.75, 3.05) is 27.2 Å². The number of ether oxygens (including phenoxy) is 1. The van der Waals surface area contributed by atoms with Crippen LogP contribution in [0.1, 0.15) is 36.7 Å². The third-order valence-corrected chi connectivity index (χ3v) is 5.07. The number of hydrogen-bond donors (Lipinski definition) is 2. The molecule has 2 atom stereocenters. The molecule has 0 aliphatic carbocycles. The molecule has 6 heteroatoms. The Morgan fingerprint density at radius 3 is 3.08 bits per heavy atom. The van der Waals surface area contributed by atoms with Crippen LogP contribution in [0.25, 0.3) is 10.9 Å². The number of hydrogen-bond acceptors (Lipinski definition) is 4. The number of carbonyl (C=O) groups is 1. The van der Waals surface area contributed by atoms with Crippen molar-refractivity contribution in [3.63, 3.8) is 0 Å². The van der Waals surface area contributed by atoms with Crippen molar-refractivity contribution < 1.29 is 9.53 Å². The molecule has 2 N–H and O–H groups in total. The third kappa shape index (κ3) is 3.11. The van der Waals surface area contributed by atoms with Gasteiger partial charge in [0.2, 0.25) is 0 Å².